The van der Waals surface area contributed by atoms with Crippen LogP contribution < -0.4 is 11.4 Å². The van der Waals surface area contributed by atoms with Crippen molar-refractivity contribution in [3.05, 3.63) is 57.0 Å². The third-order valence-electron chi connectivity index (χ3n) is 5.39. The maximum absolute atomic E-state index is 13.0. The minimum Gasteiger partial charge on any atom is -0.387 e. The van der Waals surface area contributed by atoms with Crippen molar-refractivity contribution in [1.29, 1.82) is 0 Å². The topological polar surface area (TPSA) is 155 Å². The smallest absolute Gasteiger partial charge is 0.387 e. The molecule has 4 N–H and O–H groups in total. The molecule has 2 fully saturated rings. The van der Waals surface area contributed by atoms with Crippen LogP contribution >= 0.6 is 23.8 Å². The predicted molar refractivity (Wildman–Crippen MR) is 116 cm³/mol. The molecule has 11 nitrogen and oxygen atoms in total. The van der Waals surface area contributed by atoms with Gasteiger partial charge < -0.3 is 20.7 Å². The summed E-state index contributed by atoms with van der Waals surface area (Å²) in [6.45, 7) is 1.04. The number of nitrogens with two attached hydrogens (primary N) is 1. The molecule has 2 aromatic rings. The van der Waals surface area contributed by atoms with E-state index in [1.165, 1.54) is 19.2 Å². The first kappa shape index (κ1) is 23.5. The first-order valence-electron chi connectivity index (χ1n) is 9.83. The molecule has 0 spiro atoms. The molecule has 0 bridgehead atoms. The summed E-state index contributed by atoms with van der Waals surface area (Å²) in [5.74, 6) is 0.00798. The lowest BCUT2D eigenvalue weighted by atomic mass is 9.96. The van der Waals surface area contributed by atoms with Gasteiger partial charge in [-0.1, -0.05) is 34.1 Å². The van der Waals surface area contributed by atoms with Crippen molar-refractivity contribution in [3.8, 4) is 0 Å². The fraction of sp³-hybridized carbons (Fsp3) is 0.474. The number of hydrogen-bond donors (Lipinski definition) is 3. The molecule has 2 aliphatic heterocycles. The van der Waals surface area contributed by atoms with E-state index < -0.39 is 50.3 Å². The quantitative estimate of drug-likeness (QED) is 0.487. The molecule has 3 heterocycles. The van der Waals surface area contributed by atoms with Crippen LogP contribution in [-0.2, 0) is 22.9 Å². The van der Waals surface area contributed by atoms with E-state index in [9.17, 15) is 19.6 Å². The van der Waals surface area contributed by atoms with Gasteiger partial charge in [-0.3, -0.25) is 18.1 Å². The van der Waals surface area contributed by atoms with Crippen molar-refractivity contribution in [2.45, 2.75) is 43.5 Å². The predicted octanol–water partition coefficient (Wildman–Crippen LogP) is 1.90. The Morgan fingerprint density at radius 1 is 1.41 bits per heavy atom. The Balaban J connectivity index is 1.46. The molecule has 32 heavy (non-hydrogen) atoms. The zero-order valence-corrected chi connectivity index (χ0v) is 19.5. The number of nitrogen functional groups attached to an aromatic ring is 1. The number of anilines is 1. The Bertz CT molecular complexity index is 1100. The van der Waals surface area contributed by atoms with Gasteiger partial charge in [0.15, 0.2) is 6.23 Å². The lowest BCUT2D eigenvalue weighted by Gasteiger charge is -2.30. The van der Waals surface area contributed by atoms with Gasteiger partial charge in [-0.15, -0.1) is 0 Å². The van der Waals surface area contributed by atoms with Crippen molar-refractivity contribution >= 4 is 29.6 Å². The highest BCUT2D eigenvalue weighted by atomic mass is 79.9. The molecule has 13 heteroatoms. The second-order valence-corrected chi connectivity index (χ2v) is 10.2. The Labute approximate surface area is 191 Å². The van der Waals surface area contributed by atoms with E-state index in [1.807, 2.05) is 24.3 Å². The Morgan fingerprint density at radius 3 is 2.88 bits per heavy atom. The lowest BCUT2D eigenvalue weighted by Crippen LogP contribution is -2.46. The molecule has 174 valence electrons. The largest absolute Gasteiger partial charge is 0.475 e. The second-order valence-electron chi connectivity index (χ2n) is 7.72. The molecule has 4 rings (SSSR count). The minimum absolute atomic E-state index is 0.00798. The van der Waals surface area contributed by atoms with Gasteiger partial charge in [0.1, 0.15) is 23.6 Å². The third-order valence-corrected chi connectivity index (χ3v) is 7.59. The maximum atomic E-state index is 13.0. The summed E-state index contributed by atoms with van der Waals surface area (Å²) in [5, 5.41) is 21.4. The monoisotopic (exact) mass is 531 g/mol. The van der Waals surface area contributed by atoms with Gasteiger partial charge in [0.05, 0.1) is 19.3 Å². The SMILES string of the molecule is C[C@@]1(O)[C@H](O)[C@@H](COP2(=O)OCCC(c3ccccc3Br)O2)O[C@H]1n1ccc(N)nc1=O. The molecule has 0 radical (unpaired) electrons. The van der Waals surface area contributed by atoms with Crippen LogP contribution in [0.3, 0.4) is 0 Å². The van der Waals surface area contributed by atoms with Crippen LogP contribution in [0, 0.1) is 0 Å². The Morgan fingerprint density at radius 2 is 2.16 bits per heavy atom. The van der Waals surface area contributed by atoms with Crippen molar-refractivity contribution < 1.29 is 33.1 Å². The van der Waals surface area contributed by atoms with Crippen molar-refractivity contribution in [3.63, 3.8) is 0 Å². The summed E-state index contributed by atoms with van der Waals surface area (Å²) >= 11 is 3.45. The Kier molecular flexibility index (Phi) is 6.59. The lowest BCUT2D eigenvalue weighted by molar-refractivity contribution is -0.0989. The molecule has 2 aliphatic rings. The van der Waals surface area contributed by atoms with Crippen LogP contribution in [0.25, 0.3) is 0 Å². The van der Waals surface area contributed by atoms with Gasteiger partial charge in [0, 0.05) is 17.1 Å². The van der Waals surface area contributed by atoms with Gasteiger partial charge >= 0.3 is 13.5 Å². The number of halogens is 1. The highest BCUT2D eigenvalue weighted by molar-refractivity contribution is 9.10. The van der Waals surface area contributed by atoms with E-state index in [4.69, 9.17) is 24.0 Å². The number of hydrogen-bond acceptors (Lipinski definition) is 10. The number of benzene rings is 1. The number of phosphoric acid groups is 1. The molecule has 1 aromatic carbocycles. The molecule has 0 saturated carbocycles. The summed E-state index contributed by atoms with van der Waals surface area (Å²) < 4.78 is 36.8. The molecule has 0 aliphatic carbocycles. The van der Waals surface area contributed by atoms with Crippen molar-refractivity contribution in [1.82, 2.24) is 9.55 Å². The fourth-order valence-electron chi connectivity index (χ4n) is 3.67. The molecular formula is C19H23BrN3O8P. The standard InChI is InChI=1S/C19H23BrN3O8P/c1-19(26)16(24)14(30-17(19)23-8-6-15(21)22-18(23)25)10-29-32(27)28-9-7-13(31-32)11-4-2-3-5-12(11)20/h2-6,8,13-14,16-17,24,26H,7,9-10H2,1H3,(H2,21,22,25)/t13?,14-,16-,17-,19-,32?/m1/s1. The van der Waals surface area contributed by atoms with E-state index >= 15 is 0 Å². The molecule has 0 amide bonds. The molecule has 2 saturated heterocycles. The van der Waals surface area contributed by atoms with Gasteiger partial charge in [0.25, 0.3) is 0 Å². The number of rotatable bonds is 5. The molecule has 6 atom stereocenters. The summed E-state index contributed by atoms with van der Waals surface area (Å²) in [6.07, 6.45) is -2.60. The van der Waals surface area contributed by atoms with Gasteiger partial charge in [-0.25, -0.2) is 9.36 Å². The maximum Gasteiger partial charge on any atom is 0.475 e. The van der Waals surface area contributed by atoms with Crippen LogP contribution in [0.5, 0.6) is 0 Å². The molecule has 2 unspecified atom stereocenters. The van der Waals surface area contributed by atoms with E-state index in [2.05, 4.69) is 20.9 Å². The van der Waals surface area contributed by atoms with E-state index in [1.54, 1.807) is 0 Å². The highest BCUT2D eigenvalue weighted by Gasteiger charge is 2.54. The highest BCUT2D eigenvalue weighted by Crippen LogP contribution is 2.58. The number of aliphatic hydroxyl groups is 2. The summed E-state index contributed by atoms with van der Waals surface area (Å²) in [6, 6.07) is 8.74. The van der Waals surface area contributed by atoms with E-state index in [0.29, 0.717) is 6.42 Å². The summed E-state index contributed by atoms with van der Waals surface area (Å²) in [7, 11) is -3.97. The van der Waals surface area contributed by atoms with Crippen LogP contribution in [0.2, 0.25) is 0 Å². The van der Waals surface area contributed by atoms with Crippen LogP contribution in [0.4, 0.5) is 5.82 Å². The molecule has 1 aromatic heterocycles. The van der Waals surface area contributed by atoms with Crippen LogP contribution in [0.15, 0.2) is 45.8 Å². The summed E-state index contributed by atoms with van der Waals surface area (Å²) in [4.78, 5) is 15.8. The first-order valence-corrected chi connectivity index (χ1v) is 12.1. The van der Waals surface area contributed by atoms with Crippen molar-refractivity contribution in [2.75, 3.05) is 18.9 Å². The van der Waals surface area contributed by atoms with Crippen LogP contribution in [0.1, 0.15) is 31.2 Å². The van der Waals surface area contributed by atoms with Gasteiger partial charge in [0.2, 0.25) is 0 Å². The average Bonchev–Trinajstić information content (AvgIpc) is 2.96. The Hall–Kier alpha value is -1.63. The number of aliphatic hydroxyl groups excluding tert-OH is 1. The average molecular weight is 532 g/mol. The van der Waals surface area contributed by atoms with Crippen LogP contribution in [-0.4, -0.2) is 50.8 Å². The van der Waals surface area contributed by atoms with Crippen molar-refractivity contribution in [2.24, 2.45) is 0 Å². The zero-order chi connectivity index (χ0) is 23.1. The number of nitrogens with zero attached hydrogens (tertiary/aromatic N) is 2. The minimum atomic E-state index is -3.97. The number of ether oxygens (including phenoxy) is 1. The van der Waals surface area contributed by atoms with Gasteiger partial charge in [-0.2, -0.15) is 4.98 Å². The van der Waals surface area contributed by atoms with E-state index in [-0.39, 0.29) is 12.4 Å². The fourth-order valence-corrected chi connectivity index (χ4v) is 5.60. The van der Waals surface area contributed by atoms with Gasteiger partial charge in [-0.05, 0) is 24.6 Å². The number of phosphoric ester groups is 1. The number of aromatic nitrogens is 2. The third kappa shape index (κ3) is 4.55. The molecular weight excluding hydrogens is 509 g/mol. The zero-order valence-electron chi connectivity index (χ0n) is 17.0. The summed E-state index contributed by atoms with van der Waals surface area (Å²) in [5.41, 5.74) is 3.68. The van der Waals surface area contributed by atoms with E-state index in [0.717, 1.165) is 14.6 Å². The normalized spacial score (nSPS) is 35.1. The first-order chi connectivity index (χ1) is 15.1. The second kappa shape index (κ2) is 8.96.